The molecule has 1 heterocycles. The quantitative estimate of drug-likeness (QED) is 0.808. The van der Waals surface area contributed by atoms with Crippen molar-refractivity contribution in [1.29, 1.82) is 0 Å². The molecular weight excluding hydrogens is 229 g/mol. The number of hydrogen-bond donors (Lipinski definition) is 2. The van der Waals surface area contributed by atoms with E-state index in [-0.39, 0.29) is 5.82 Å². The van der Waals surface area contributed by atoms with Crippen LogP contribution in [-0.4, -0.2) is 30.1 Å². The van der Waals surface area contributed by atoms with Gasteiger partial charge in [0, 0.05) is 25.2 Å². The van der Waals surface area contributed by atoms with E-state index in [0.29, 0.717) is 17.3 Å². The first-order valence-electron chi connectivity index (χ1n) is 6.69. The number of nitrogens with two attached hydrogens (primary N) is 1. The summed E-state index contributed by atoms with van der Waals surface area (Å²) in [5.74, 6) is -0.232. The van der Waals surface area contributed by atoms with Gasteiger partial charge in [-0.25, -0.2) is 4.39 Å². The monoisotopic (exact) mass is 249 g/mol. The van der Waals surface area contributed by atoms with Gasteiger partial charge in [0.1, 0.15) is 5.82 Å². The number of rotatable bonds is 3. The van der Waals surface area contributed by atoms with E-state index in [2.05, 4.69) is 10.2 Å². The fraction of sp³-hybridized carbons (Fsp3) is 0.571. The fourth-order valence-corrected chi connectivity index (χ4v) is 2.72. The van der Waals surface area contributed by atoms with E-state index in [0.717, 1.165) is 24.7 Å². The van der Waals surface area contributed by atoms with Gasteiger partial charge in [0.15, 0.2) is 0 Å². The molecule has 2 aliphatic rings. The number of benzene rings is 1. The molecule has 1 aromatic rings. The number of likely N-dealkylation sites (tertiary alicyclic amines) is 1. The van der Waals surface area contributed by atoms with Crippen LogP contribution in [0.2, 0.25) is 0 Å². The molecule has 1 saturated heterocycles. The van der Waals surface area contributed by atoms with Crippen molar-refractivity contribution in [3.63, 3.8) is 0 Å². The molecule has 98 valence electrons. The Hall–Kier alpha value is -1.29. The van der Waals surface area contributed by atoms with Crippen molar-refractivity contribution >= 4 is 11.4 Å². The molecule has 0 bridgehead atoms. The standard InChI is InChI=1S/C14H20FN3/c1-9-6-14(13(16)7-12(9)15)17-10-4-5-18(8-10)11-2-3-11/h6-7,10-11,17H,2-5,8,16H2,1H3. The summed E-state index contributed by atoms with van der Waals surface area (Å²) in [6.45, 7) is 4.02. The van der Waals surface area contributed by atoms with E-state index in [1.807, 2.05) is 6.07 Å². The van der Waals surface area contributed by atoms with Crippen LogP contribution in [0.1, 0.15) is 24.8 Å². The number of halogens is 1. The van der Waals surface area contributed by atoms with E-state index in [4.69, 9.17) is 5.73 Å². The molecule has 3 nitrogen and oxygen atoms in total. The smallest absolute Gasteiger partial charge is 0.128 e. The van der Waals surface area contributed by atoms with Gasteiger partial charge in [-0.1, -0.05) is 0 Å². The first-order chi connectivity index (χ1) is 8.63. The minimum atomic E-state index is -0.232. The average molecular weight is 249 g/mol. The summed E-state index contributed by atoms with van der Waals surface area (Å²) in [5, 5.41) is 3.46. The number of hydrogen-bond acceptors (Lipinski definition) is 3. The van der Waals surface area contributed by atoms with Crippen molar-refractivity contribution < 1.29 is 4.39 Å². The van der Waals surface area contributed by atoms with Crippen LogP contribution in [-0.2, 0) is 0 Å². The second-order valence-corrected chi connectivity index (χ2v) is 5.54. The number of nitrogen functional groups attached to an aromatic ring is 1. The van der Waals surface area contributed by atoms with Crippen LogP contribution in [0.4, 0.5) is 15.8 Å². The number of nitrogens with zero attached hydrogens (tertiary/aromatic N) is 1. The fourth-order valence-electron chi connectivity index (χ4n) is 2.72. The van der Waals surface area contributed by atoms with Gasteiger partial charge < -0.3 is 11.1 Å². The number of nitrogens with one attached hydrogen (secondary N) is 1. The Labute approximate surface area is 107 Å². The number of anilines is 2. The maximum Gasteiger partial charge on any atom is 0.128 e. The van der Waals surface area contributed by atoms with E-state index < -0.39 is 0 Å². The largest absolute Gasteiger partial charge is 0.397 e. The maximum atomic E-state index is 13.3. The van der Waals surface area contributed by atoms with E-state index in [1.54, 1.807) is 6.92 Å². The van der Waals surface area contributed by atoms with Crippen molar-refractivity contribution in [1.82, 2.24) is 4.90 Å². The molecule has 0 radical (unpaired) electrons. The Morgan fingerprint density at radius 2 is 2.11 bits per heavy atom. The molecule has 0 amide bonds. The van der Waals surface area contributed by atoms with Crippen LogP contribution in [0.25, 0.3) is 0 Å². The second kappa shape index (κ2) is 4.43. The molecular formula is C14H20FN3. The molecule has 1 aromatic carbocycles. The summed E-state index contributed by atoms with van der Waals surface area (Å²) in [6.07, 6.45) is 3.85. The second-order valence-electron chi connectivity index (χ2n) is 5.54. The van der Waals surface area contributed by atoms with E-state index >= 15 is 0 Å². The zero-order chi connectivity index (χ0) is 12.7. The van der Waals surface area contributed by atoms with Crippen LogP contribution < -0.4 is 11.1 Å². The summed E-state index contributed by atoms with van der Waals surface area (Å²) < 4.78 is 13.3. The molecule has 18 heavy (non-hydrogen) atoms. The average Bonchev–Trinajstić information content (AvgIpc) is 3.07. The Bertz CT molecular complexity index is 457. The lowest BCUT2D eigenvalue weighted by Crippen LogP contribution is -2.28. The molecule has 0 aromatic heterocycles. The molecule has 1 saturated carbocycles. The van der Waals surface area contributed by atoms with Gasteiger partial charge in [0.25, 0.3) is 0 Å². The van der Waals surface area contributed by atoms with Crippen LogP contribution in [0.3, 0.4) is 0 Å². The van der Waals surface area contributed by atoms with Crippen LogP contribution in [0.5, 0.6) is 0 Å². The topological polar surface area (TPSA) is 41.3 Å². The first kappa shape index (κ1) is 11.8. The minimum Gasteiger partial charge on any atom is -0.397 e. The minimum absolute atomic E-state index is 0.232. The molecule has 1 atom stereocenters. The lowest BCUT2D eigenvalue weighted by atomic mass is 10.1. The van der Waals surface area contributed by atoms with Gasteiger partial charge in [0.2, 0.25) is 0 Å². The molecule has 3 rings (SSSR count). The van der Waals surface area contributed by atoms with Crippen LogP contribution >= 0.6 is 0 Å². The zero-order valence-electron chi connectivity index (χ0n) is 10.7. The maximum absolute atomic E-state index is 13.3. The summed E-state index contributed by atoms with van der Waals surface area (Å²) in [4.78, 5) is 2.55. The normalized spacial score (nSPS) is 24.4. The summed E-state index contributed by atoms with van der Waals surface area (Å²) >= 11 is 0. The Morgan fingerprint density at radius 3 is 2.83 bits per heavy atom. The van der Waals surface area contributed by atoms with Gasteiger partial charge in [-0.15, -0.1) is 0 Å². The lowest BCUT2D eigenvalue weighted by Gasteiger charge is -2.18. The highest BCUT2D eigenvalue weighted by molar-refractivity contribution is 5.67. The predicted molar refractivity (Wildman–Crippen MR) is 72.2 cm³/mol. The summed E-state index contributed by atoms with van der Waals surface area (Å²) in [5.41, 5.74) is 7.88. The van der Waals surface area contributed by atoms with Gasteiger partial charge in [-0.05, 0) is 43.9 Å². The highest BCUT2D eigenvalue weighted by Crippen LogP contribution is 2.31. The Kier molecular flexibility index (Phi) is 2.90. The predicted octanol–water partition coefficient (Wildman–Crippen LogP) is 2.36. The molecule has 4 heteroatoms. The lowest BCUT2D eigenvalue weighted by molar-refractivity contribution is 0.326. The molecule has 3 N–H and O–H groups in total. The highest BCUT2D eigenvalue weighted by atomic mass is 19.1. The zero-order valence-corrected chi connectivity index (χ0v) is 10.7. The van der Waals surface area contributed by atoms with E-state index in [9.17, 15) is 4.39 Å². The van der Waals surface area contributed by atoms with Gasteiger partial charge in [-0.2, -0.15) is 0 Å². The van der Waals surface area contributed by atoms with E-state index in [1.165, 1.54) is 25.5 Å². The molecule has 1 aliphatic carbocycles. The van der Waals surface area contributed by atoms with Crippen molar-refractivity contribution in [2.24, 2.45) is 0 Å². The van der Waals surface area contributed by atoms with Crippen LogP contribution in [0.15, 0.2) is 12.1 Å². The number of aryl methyl sites for hydroxylation is 1. The summed E-state index contributed by atoms with van der Waals surface area (Å²) in [6, 6.07) is 4.48. The highest BCUT2D eigenvalue weighted by Gasteiger charge is 2.34. The van der Waals surface area contributed by atoms with Gasteiger partial charge in [0.05, 0.1) is 11.4 Å². The van der Waals surface area contributed by atoms with Gasteiger partial charge >= 0.3 is 0 Å². The van der Waals surface area contributed by atoms with Crippen molar-refractivity contribution in [3.8, 4) is 0 Å². The Morgan fingerprint density at radius 1 is 1.33 bits per heavy atom. The third-order valence-electron chi connectivity index (χ3n) is 3.97. The SMILES string of the molecule is Cc1cc(NC2CCN(C3CC3)C2)c(N)cc1F. The van der Waals surface area contributed by atoms with Gasteiger partial charge in [-0.3, -0.25) is 4.90 Å². The molecule has 1 unspecified atom stereocenters. The first-order valence-corrected chi connectivity index (χ1v) is 6.69. The third-order valence-corrected chi connectivity index (χ3v) is 3.97. The molecule has 1 aliphatic heterocycles. The van der Waals surface area contributed by atoms with Crippen molar-refractivity contribution in [2.75, 3.05) is 24.1 Å². The van der Waals surface area contributed by atoms with Crippen molar-refractivity contribution in [3.05, 3.63) is 23.5 Å². The molecule has 0 spiro atoms. The molecule has 2 fully saturated rings. The Balaban J connectivity index is 1.67. The van der Waals surface area contributed by atoms with Crippen molar-refractivity contribution in [2.45, 2.75) is 38.3 Å². The third kappa shape index (κ3) is 2.29. The summed E-state index contributed by atoms with van der Waals surface area (Å²) in [7, 11) is 0. The van der Waals surface area contributed by atoms with Crippen LogP contribution in [0, 0.1) is 12.7 Å².